The SMILES string of the molecule is CCCOC(=O)[C@H](CC(C)C)N(C)S(=O)(=O)CCCCCn1c(C)nc2cnccc21. The van der Waals surface area contributed by atoms with Crippen molar-refractivity contribution in [1.82, 2.24) is 18.8 Å². The Morgan fingerprint density at radius 2 is 2.00 bits per heavy atom. The van der Waals surface area contributed by atoms with Gasteiger partial charge in [-0.15, -0.1) is 0 Å². The van der Waals surface area contributed by atoms with Crippen LogP contribution in [0.4, 0.5) is 0 Å². The number of sulfonamides is 1. The van der Waals surface area contributed by atoms with Gasteiger partial charge in [-0.2, -0.15) is 4.31 Å². The molecule has 31 heavy (non-hydrogen) atoms. The average Bonchev–Trinajstić information content (AvgIpc) is 3.04. The van der Waals surface area contributed by atoms with Gasteiger partial charge in [-0.05, 0) is 44.6 Å². The summed E-state index contributed by atoms with van der Waals surface area (Å²) < 4.78 is 34.3. The first-order valence-electron chi connectivity index (χ1n) is 11.1. The number of esters is 1. The van der Waals surface area contributed by atoms with E-state index in [-0.39, 0.29) is 11.7 Å². The van der Waals surface area contributed by atoms with Crippen molar-refractivity contribution in [2.45, 2.75) is 72.4 Å². The molecule has 0 aliphatic rings. The lowest BCUT2D eigenvalue weighted by atomic mass is 10.0. The minimum Gasteiger partial charge on any atom is -0.465 e. The fourth-order valence-electron chi connectivity index (χ4n) is 3.59. The minimum absolute atomic E-state index is 0.0206. The molecule has 0 saturated carbocycles. The van der Waals surface area contributed by atoms with Crippen LogP contribution in [-0.2, 0) is 26.1 Å². The van der Waals surface area contributed by atoms with Crippen molar-refractivity contribution in [3.05, 3.63) is 24.3 Å². The smallest absolute Gasteiger partial charge is 0.324 e. The van der Waals surface area contributed by atoms with Gasteiger partial charge in [-0.25, -0.2) is 13.4 Å². The molecule has 0 spiro atoms. The average molecular weight is 453 g/mol. The molecule has 0 N–H and O–H groups in total. The van der Waals surface area contributed by atoms with Gasteiger partial charge in [0.2, 0.25) is 10.0 Å². The number of unbranched alkanes of at least 4 members (excludes halogenated alkanes) is 2. The van der Waals surface area contributed by atoms with Crippen molar-refractivity contribution in [3.8, 4) is 0 Å². The summed E-state index contributed by atoms with van der Waals surface area (Å²) in [5.74, 6) is 0.670. The summed E-state index contributed by atoms with van der Waals surface area (Å²) in [4.78, 5) is 21.0. The second-order valence-corrected chi connectivity index (χ2v) is 10.5. The lowest BCUT2D eigenvalue weighted by Crippen LogP contribution is -2.45. The number of likely N-dealkylation sites (N-methyl/N-ethyl adjacent to an activating group) is 1. The van der Waals surface area contributed by atoms with E-state index in [4.69, 9.17) is 4.74 Å². The van der Waals surface area contributed by atoms with Gasteiger partial charge in [0, 0.05) is 19.8 Å². The molecule has 0 radical (unpaired) electrons. The van der Waals surface area contributed by atoms with Crippen LogP contribution in [-0.4, -0.2) is 58.7 Å². The molecule has 0 aliphatic carbocycles. The Morgan fingerprint density at radius 3 is 2.68 bits per heavy atom. The molecule has 0 aliphatic heterocycles. The molecule has 0 bridgehead atoms. The Bertz CT molecular complexity index is 956. The van der Waals surface area contributed by atoms with Crippen molar-refractivity contribution in [2.75, 3.05) is 19.4 Å². The van der Waals surface area contributed by atoms with Crippen LogP contribution in [0, 0.1) is 12.8 Å². The fraction of sp³-hybridized carbons (Fsp3) is 0.682. The van der Waals surface area contributed by atoms with E-state index < -0.39 is 22.0 Å². The maximum Gasteiger partial charge on any atom is 0.324 e. The van der Waals surface area contributed by atoms with Gasteiger partial charge in [-0.1, -0.05) is 27.2 Å². The normalized spacial score (nSPS) is 13.3. The highest BCUT2D eigenvalue weighted by atomic mass is 32.2. The lowest BCUT2D eigenvalue weighted by molar-refractivity contribution is -0.148. The molecule has 8 nitrogen and oxygen atoms in total. The number of pyridine rings is 1. The third kappa shape index (κ3) is 7.00. The molecule has 0 saturated heterocycles. The van der Waals surface area contributed by atoms with Crippen molar-refractivity contribution in [1.29, 1.82) is 0 Å². The molecular formula is C22H36N4O4S. The van der Waals surface area contributed by atoms with Crippen LogP contribution in [0.1, 0.15) is 58.7 Å². The van der Waals surface area contributed by atoms with Crippen LogP contribution in [0.3, 0.4) is 0 Å². The van der Waals surface area contributed by atoms with Crippen molar-refractivity contribution in [3.63, 3.8) is 0 Å². The second-order valence-electron chi connectivity index (χ2n) is 8.38. The van der Waals surface area contributed by atoms with E-state index >= 15 is 0 Å². The standard InChI is InChI=1S/C22H36N4O4S/c1-6-13-30-22(27)21(15-17(2)3)25(5)31(28,29)14-9-7-8-12-26-18(4)24-19-16-23-11-10-20(19)26/h10-11,16-17,21H,6-9,12-15H2,1-5H3/t21-/m0/s1. The molecule has 2 rings (SSSR count). The van der Waals surface area contributed by atoms with Gasteiger partial charge in [0.1, 0.15) is 17.4 Å². The fourth-order valence-corrected chi connectivity index (χ4v) is 5.01. The maximum absolute atomic E-state index is 12.8. The number of carbonyl (C=O) groups excluding carboxylic acids is 1. The molecule has 0 amide bonds. The third-order valence-corrected chi connectivity index (χ3v) is 7.25. The maximum atomic E-state index is 12.8. The Balaban J connectivity index is 1.90. The van der Waals surface area contributed by atoms with Crippen molar-refractivity contribution in [2.24, 2.45) is 5.92 Å². The van der Waals surface area contributed by atoms with Crippen LogP contribution in [0.25, 0.3) is 11.0 Å². The Morgan fingerprint density at radius 1 is 1.26 bits per heavy atom. The minimum atomic E-state index is -3.55. The van der Waals surface area contributed by atoms with E-state index in [2.05, 4.69) is 14.5 Å². The van der Waals surface area contributed by atoms with E-state index in [1.165, 1.54) is 11.4 Å². The molecule has 174 valence electrons. The number of aryl methyl sites for hydroxylation is 2. The Kier molecular flexibility index (Phi) is 9.43. The molecular weight excluding hydrogens is 416 g/mol. The van der Waals surface area contributed by atoms with Gasteiger partial charge >= 0.3 is 5.97 Å². The number of imidazole rings is 1. The van der Waals surface area contributed by atoms with Gasteiger partial charge in [0.15, 0.2) is 0 Å². The molecule has 0 aromatic carbocycles. The zero-order valence-electron chi connectivity index (χ0n) is 19.4. The highest BCUT2D eigenvalue weighted by Crippen LogP contribution is 2.18. The number of aromatic nitrogens is 3. The van der Waals surface area contributed by atoms with Gasteiger partial charge in [-0.3, -0.25) is 9.78 Å². The zero-order chi connectivity index (χ0) is 23.0. The zero-order valence-corrected chi connectivity index (χ0v) is 20.2. The summed E-state index contributed by atoms with van der Waals surface area (Å²) >= 11 is 0. The van der Waals surface area contributed by atoms with Crippen molar-refractivity contribution < 1.29 is 17.9 Å². The third-order valence-electron chi connectivity index (χ3n) is 5.32. The van der Waals surface area contributed by atoms with Gasteiger partial charge in [0.25, 0.3) is 0 Å². The highest BCUT2D eigenvalue weighted by Gasteiger charge is 2.33. The summed E-state index contributed by atoms with van der Waals surface area (Å²) in [5.41, 5.74) is 1.91. The van der Waals surface area contributed by atoms with E-state index in [1.807, 2.05) is 33.8 Å². The van der Waals surface area contributed by atoms with Crippen LogP contribution in [0.5, 0.6) is 0 Å². The van der Waals surface area contributed by atoms with E-state index in [1.54, 1.807) is 12.4 Å². The second kappa shape index (κ2) is 11.6. The molecule has 0 fully saturated rings. The molecule has 0 unspecified atom stereocenters. The monoisotopic (exact) mass is 452 g/mol. The highest BCUT2D eigenvalue weighted by molar-refractivity contribution is 7.89. The predicted molar refractivity (Wildman–Crippen MR) is 122 cm³/mol. The number of nitrogens with zero attached hydrogens (tertiary/aromatic N) is 4. The number of carbonyl (C=O) groups is 1. The molecule has 2 heterocycles. The van der Waals surface area contributed by atoms with Crippen LogP contribution in [0.2, 0.25) is 0 Å². The summed E-state index contributed by atoms with van der Waals surface area (Å²) in [6.07, 6.45) is 6.81. The summed E-state index contributed by atoms with van der Waals surface area (Å²) in [6, 6.07) is 1.17. The number of ether oxygens (including phenoxy) is 1. The lowest BCUT2D eigenvalue weighted by Gasteiger charge is -2.27. The molecule has 2 aromatic rings. The molecule has 9 heteroatoms. The number of hydrogen-bond acceptors (Lipinski definition) is 6. The summed E-state index contributed by atoms with van der Waals surface area (Å²) in [7, 11) is -2.06. The van der Waals surface area contributed by atoms with Crippen molar-refractivity contribution >= 4 is 27.0 Å². The summed E-state index contributed by atoms with van der Waals surface area (Å²) in [6.45, 7) is 8.90. The quantitative estimate of drug-likeness (QED) is 0.341. The van der Waals surface area contributed by atoms with Gasteiger partial charge in [0.05, 0.1) is 24.1 Å². The first-order chi connectivity index (χ1) is 14.7. The number of fused-ring (bicyclic) bond motifs is 1. The van der Waals surface area contributed by atoms with E-state index in [9.17, 15) is 13.2 Å². The first kappa shape index (κ1) is 25.3. The summed E-state index contributed by atoms with van der Waals surface area (Å²) in [5, 5.41) is 0. The topological polar surface area (TPSA) is 94.4 Å². The van der Waals surface area contributed by atoms with Gasteiger partial charge < -0.3 is 9.30 Å². The largest absolute Gasteiger partial charge is 0.465 e. The first-order valence-corrected chi connectivity index (χ1v) is 12.7. The Hall–Kier alpha value is -2.00. The van der Waals surface area contributed by atoms with Crippen LogP contribution < -0.4 is 0 Å². The Labute approximate surface area is 186 Å². The molecule has 2 aromatic heterocycles. The number of rotatable bonds is 13. The van der Waals surface area contributed by atoms with E-state index in [0.717, 1.165) is 36.2 Å². The van der Waals surface area contributed by atoms with E-state index in [0.29, 0.717) is 25.9 Å². The van der Waals surface area contributed by atoms with Crippen LogP contribution >= 0.6 is 0 Å². The predicted octanol–water partition coefficient (Wildman–Crippen LogP) is 3.54. The number of hydrogen-bond donors (Lipinski definition) is 0. The van der Waals surface area contributed by atoms with Crippen LogP contribution in [0.15, 0.2) is 18.5 Å². The molecule has 1 atom stereocenters.